The summed E-state index contributed by atoms with van der Waals surface area (Å²) in [5.74, 6) is -0.640. The second kappa shape index (κ2) is 9.18. The van der Waals surface area contributed by atoms with Crippen LogP contribution < -0.4 is 10.6 Å². The normalized spacial score (nSPS) is 15.2. The summed E-state index contributed by atoms with van der Waals surface area (Å²) in [6.07, 6.45) is 7.95. The maximum atomic E-state index is 14.4. The third-order valence-corrected chi connectivity index (χ3v) is 4.75. The molecule has 0 radical (unpaired) electrons. The Balaban J connectivity index is 0.00000140. The summed E-state index contributed by atoms with van der Waals surface area (Å²) >= 11 is 0. The summed E-state index contributed by atoms with van der Waals surface area (Å²) in [6, 6.07) is 8.11. The number of nitrogens with zero attached hydrogens (tertiary/aromatic N) is 4. The molecule has 4 rings (SSSR count). The molecule has 1 aromatic carbocycles. The molecule has 1 saturated heterocycles. The number of carbonyl (C=O) groups is 1. The summed E-state index contributed by atoms with van der Waals surface area (Å²) in [5, 5.41) is 14.4. The van der Waals surface area contributed by atoms with Crippen molar-refractivity contribution in [3.05, 3.63) is 60.9 Å². The van der Waals surface area contributed by atoms with E-state index in [2.05, 4.69) is 20.8 Å². The van der Waals surface area contributed by atoms with Gasteiger partial charge in [-0.1, -0.05) is 0 Å². The fourth-order valence-corrected chi connectivity index (χ4v) is 3.35. The third-order valence-electron chi connectivity index (χ3n) is 4.75. The Labute approximate surface area is 174 Å². The fraction of sp³-hybridized carbons (Fsp3) is 0.278. The van der Waals surface area contributed by atoms with Gasteiger partial charge in [-0.2, -0.15) is 10.2 Å². The molecule has 0 unspecified atom stereocenters. The average molecular weight is 427 g/mol. The van der Waals surface area contributed by atoms with Crippen molar-refractivity contribution < 1.29 is 9.18 Å². The van der Waals surface area contributed by atoms with Crippen molar-refractivity contribution >= 4 is 36.4 Å². The molecule has 0 atom stereocenters. The Morgan fingerprint density at radius 3 is 2.43 bits per heavy atom. The molecule has 1 fully saturated rings. The minimum atomic E-state index is -0.772. The van der Waals surface area contributed by atoms with Gasteiger partial charge >= 0.3 is 0 Å². The van der Waals surface area contributed by atoms with Crippen molar-refractivity contribution in [3.63, 3.8) is 0 Å². The molecule has 3 aromatic rings. The van der Waals surface area contributed by atoms with E-state index in [0.717, 1.165) is 13.1 Å². The Kier molecular flexibility index (Phi) is 7.17. The van der Waals surface area contributed by atoms with Crippen LogP contribution in [0.3, 0.4) is 0 Å². The monoisotopic (exact) mass is 426 g/mol. The van der Waals surface area contributed by atoms with Crippen LogP contribution in [-0.2, 0) is 10.3 Å². The summed E-state index contributed by atoms with van der Waals surface area (Å²) in [4.78, 5) is 13.1. The van der Waals surface area contributed by atoms with E-state index in [-0.39, 0.29) is 30.7 Å². The van der Waals surface area contributed by atoms with E-state index in [4.69, 9.17) is 0 Å². The van der Waals surface area contributed by atoms with Gasteiger partial charge in [0.25, 0.3) is 5.91 Å². The average Bonchev–Trinajstić information content (AvgIpc) is 3.36. The first-order valence-corrected chi connectivity index (χ1v) is 8.51. The van der Waals surface area contributed by atoms with Crippen LogP contribution in [0, 0.1) is 5.82 Å². The Morgan fingerprint density at radius 2 is 1.82 bits per heavy atom. The summed E-state index contributed by atoms with van der Waals surface area (Å²) < 4.78 is 17.6. The predicted octanol–water partition coefficient (Wildman–Crippen LogP) is 2.77. The Morgan fingerprint density at radius 1 is 1.11 bits per heavy atom. The van der Waals surface area contributed by atoms with E-state index in [1.54, 1.807) is 53.7 Å². The van der Waals surface area contributed by atoms with Crippen LogP contribution in [-0.4, -0.2) is 38.6 Å². The summed E-state index contributed by atoms with van der Waals surface area (Å²) in [5.41, 5.74) is -0.0311. The number of aromatic nitrogens is 4. The van der Waals surface area contributed by atoms with Gasteiger partial charge in [-0.25, -0.2) is 9.07 Å². The molecule has 7 nitrogen and oxygen atoms in total. The van der Waals surface area contributed by atoms with Crippen LogP contribution >= 0.6 is 24.8 Å². The van der Waals surface area contributed by atoms with E-state index in [1.165, 1.54) is 10.7 Å². The highest BCUT2D eigenvalue weighted by atomic mass is 35.5. The lowest BCUT2D eigenvalue weighted by molar-refractivity contribution is -0.126. The number of anilines is 1. The number of benzene rings is 1. The molecule has 1 aliphatic rings. The first kappa shape index (κ1) is 21.9. The van der Waals surface area contributed by atoms with Crippen LogP contribution in [0.25, 0.3) is 5.69 Å². The minimum Gasteiger partial charge on any atom is -0.324 e. The molecule has 3 heterocycles. The van der Waals surface area contributed by atoms with Gasteiger partial charge in [-0.15, -0.1) is 24.8 Å². The molecule has 0 aliphatic carbocycles. The van der Waals surface area contributed by atoms with Crippen molar-refractivity contribution in [1.29, 1.82) is 0 Å². The van der Waals surface area contributed by atoms with Gasteiger partial charge in [0.2, 0.25) is 0 Å². The summed E-state index contributed by atoms with van der Waals surface area (Å²) in [7, 11) is 0. The lowest BCUT2D eigenvalue weighted by Gasteiger charge is -2.36. The quantitative estimate of drug-likeness (QED) is 0.672. The standard InChI is InChI=1S/C18H19FN6O.2ClH/c19-15-13-14(3-4-16(15)24-11-1-7-21-24)23-17(26)18(5-9-20-10-6-18)25-12-2-8-22-25;;/h1-4,7-8,11-13,20H,5-6,9-10H2,(H,23,26);2*1H. The van der Waals surface area contributed by atoms with Crippen molar-refractivity contribution in [3.8, 4) is 5.69 Å². The molecule has 10 heteroatoms. The Hall–Kier alpha value is -2.42. The zero-order chi connectivity index (χ0) is 18.0. The van der Waals surface area contributed by atoms with Gasteiger partial charge in [0, 0.05) is 30.5 Å². The predicted molar refractivity (Wildman–Crippen MR) is 109 cm³/mol. The van der Waals surface area contributed by atoms with Gasteiger partial charge in [0.05, 0.1) is 0 Å². The maximum absolute atomic E-state index is 14.4. The van der Waals surface area contributed by atoms with E-state index in [9.17, 15) is 9.18 Å². The van der Waals surface area contributed by atoms with E-state index >= 15 is 0 Å². The molecule has 150 valence electrons. The van der Waals surface area contributed by atoms with Gasteiger partial charge in [0.1, 0.15) is 11.2 Å². The van der Waals surface area contributed by atoms with Gasteiger partial charge in [0.15, 0.2) is 5.82 Å². The second-order valence-corrected chi connectivity index (χ2v) is 6.30. The maximum Gasteiger partial charge on any atom is 0.252 e. The minimum absolute atomic E-state index is 0. The van der Waals surface area contributed by atoms with Crippen LogP contribution in [0.4, 0.5) is 10.1 Å². The van der Waals surface area contributed by atoms with Crippen LogP contribution in [0.1, 0.15) is 12.8 Å². The van der Waals surface area contributed by atoms with E-state index in [1.807, 2.05) is 0 Å². The molecule has 2 N–H and O–H groups in total. The largest absolute Gasteiger partial charge is 0.324 e. The molecule has 0 spiro atoms. The number of carbonyl (C=O) groups excluding carboxylic acids is 1. The SMILES string of the molecule is Cl.Cl.O=C(Nc1ccc(-n2cccn2)c(F)c1)C1(n2cccn2)CCNCC1. The first-order chi connectivity index (χ1) is 12.7. The van der Waals surface area contributed by atoms with Crippen molar-refractivity contribution in [1.82, 2.24) is 24.9 Å². The zero-order valence-corrected chi connectivity index (χ0v) is 16.5. The molecule has 0 saturated carbocycles. The summed E-state index contributed by atoms with van der Waals surface area (Å²) in [6.45, 7) is 1.44. The molecule has 2 aromatic heterocycles. The number of hydrogen-bond acceptors (Lipinski definition) is 4. The molecular formula is C18H21Cl2FN6O. The highest BCUT2D eigenvalue weighted by molar-refractivity contribution is 5.96. The van der Waals surface area contributed by atoms with Crippen LogP contribution in [0.5, 0.6) is 0 Å². The van der Waals surface area contributed by atoms with Crippen molar-refractivity contribution in [2.24, 2.45) is 0 Å². The smallest absolute Gasteiger partial charge is 0.252 e. The Bertz CT molecular complexity index is 895. The number of halogens is 3. The second-order valence-electron chi connectivity index (χ2n) is 6.30. The number of amides is 1. The first-order valence-electron chi connectivity index (χ1n) is 8.51. The van der Waals surface area contributed by atoms with Gasteiger partial charge in [-0.3, -0.25) is 9.48 Å². The van der Waals surface area contributed by atoms with Gasteiger partial charge in [-0.05, 0) is 56.3 Å². The molecule has 1 aliphatic heterocycles. The van der Waals surface area contributed by atoms with Crippen LogP contribution in [0.2, 0.25) is 0 Å². The molecule has 28 heavy (non-hydrogen) atoms. The lowest BCUT2D eigenvalue weighted by Crippen LogP contribution is -2.52. The van der Waals surface area contributed by atoms with Crippen LogP contribution in [0.15, 0.2) is 55.1 Å². The number of hydrogen-bond donors (Lipinski definition) is 2. The van der Waals surface area contributed by atoms with E-state index in [0.29, 0.717) is 24.2 Å². The number of rotatable bonds is 4. The van der Waals surface area contributed by atoms with E-state index < -0.39 is 11.4 Å². The highest BCUT2D eigenvalue weighted by Crippen LogP contribution is 2.29. The third kappa shape index (κ3) is 4.04. The number of nitrogens with one attached hydrogen (secondary N) is 2. The zero-order valence-electron chi connectivity index (χ0n) is 14.9. The molecule has 0 bridgehead atoms. The van der Waals surface area contributed by atoms with Crippen molar-refractivity contribution in [2.45, 2.75) is 18.4 Å². The number of piperidine rings is 1. The highest BCUT2D eigenvalue weighted by Gasteiger charge is 2.42. The van der Waals surface area contributed by atoms with Gasteiger partial charge < -0.3 is 10.6 Å². The topological polar surface area (TPSA) is 76.8 Å². The molecular weight excluding hydrogens is 406 g/mol. The molecule has 1 amide bonds. The fourth-order valence-electron chi connectivity index (χ4n) is 3.35. The lowest BCUT2D eigenvalue weighted by atomic mass is 9.87. The van der Waals surface area contributed by atoms with Crippen molar-refractivity contribution in [2.75, 3.05) is 18.4 Å².